The van der Waals surface area contributed by atoms with Crippen LogP contribution in [0.1, 0.15) is 25.8 Å². The Morgan fingerprint density at radius 3 is 2.88 bits per heavy atom. The second-order valence-corrected chi connectivity index (χ2v) is 7.30. The van der Waals surface area contributed by atoms with Gasteiger partial charge in [0.05, 0.1) is 26.0 Å². The first-order valence-corrected chi connectivity index (χ1v) is 8.66. The van der Waals surface area contributed by atoms with Crippen LogP contribution in [0.3, 0.4) is 0 Å². The van der Waals surface area contributed by atoms with E-state index in [0.29, 0.717) is 5.92 Å². The van der Waals surface area contributed by atoms with Gasteiger partial charge >= 0.3 is 0 Å². The summed E-state index contributed by atoms with van der Waals surface area (Å²) < 4.78 is 7.21. The normalized spacial score (nSPS) is 22.9. The first kappa shape index (κ1) is 19.5. The Kier molecular flexibility index (Phi) is 6.91. The average Bonchev–Trinajstić information content (AvgIpc) is 3.11. The summed E-state index contributed by atoms with van der Waals surface area (Å²) in [5, 5.41) is 7.72. The molecule has 0 amide bonds. The molecule has 136 valence electrons. The van der Waals surface area contributed by atoms with Crippen LogP contribution in [0.15, 0.2) is 17.4 Å². The molecule has 1 N–H and O–H groups in total. The van der Waals surface area contributed by atoms with Crippen molar-refractivity contribution in [3.05, 3.63) is 18.0 Å². The minimum Gasteiger partial charge on any atom is -0.380 e. The second-order valence-electron chi connectivity index (χ2n) is 7.30. The molecule has 1 aromatic rings. The topological polar surface area (TPSA) is 54.7 Å². The maximum absolute atomic E-state index is 5.33. The van der Waals surface area contributed by atoms with Gasteiger partial charge in [0, 0.05) is 38.3 Å². The summed E-state index contributed by atoms with van der Waals surface area (Å²) in [5.41, 5.74) is 1.57. The number of hydrogen-bond donors (Lipinski definition) is 1. The molecule has 3 rings (SSSR count). The van der Waals surface area contributed by atoms with E-state index in [0.717, 1.165) is 51.8 Å². The van der Waals surface area contributed by atoms with E-state index in [9.17, 15) is 0 Å². The van der Waals surface area contributed by atoms with Gasteiger partial charge in [-0.25, -0.2) is 0 Å². The van der Waals surface area contributed by atoms with Crippen molar-refractivity contribution in [2.75, 3.05) is 39.4 Å². The van der Waals surface area contributed by atoms with Gasteiger partial charge < -0.3 is 15.0 Å². The molecule has 24 heavy (non-hydrogen) atoms. The van der Waals surface area contributed by atoms with E-state index >= 15 is 0 Å². The molecule has 6 nitrogen and oxygen atoms in total. The van der Waals surface area contributed by atoms with Crippen molar-refractivity contribution >= 4 is 29.9 Å². The quantitative estimate of drug-likeness (QED) is 0.426. The average molecular weight is 447 g/mol. The highest BCUT2D eigenvalue weighted by atomic mass is 127. The molecular formula is C17H30IN5O. The number of guanidine groups is 1. The number of nitrogens with one attached hydrogen (secondary N) is 1. The van der Waals surface area contributed by atoms with Crippen molar-refractivity contribution < 1.29 is 4.74 Å². The Hall–Kier alpha value is -0.830. The molecule has 0 aliphatic carbocycles. The van der Waals surface area contributed by atoms with Crippen LogP contribution in [-0.4, -0.2) is 60.0 Å². The SMILES string of the molecule is CCNC(=NCC1(C)COC1)N1CCC(Cc2cnn(C)c2)C1.I. The van der Waals surface area contributed by atoms with Crippen molar-refractivity contribution in [3.8, 4) is 0 Å². The summed E-state index contributed by atoms with van der Waals surface area (Å²) >= 11 is 0. The number of halogens is 1. The second kappa shape index (κ2) is 8.51. The highest BCUT2D eigenvalue weighted by molar-refractivity contribution is 14.0. The molecule has 0 radical (unpaired) electrons. The van der Waals surface area contributed by atoms with Gasteiger partial charge in [0.1, 0.15) is 0 Å². The number of aliphatic imine (C=N–C) groups is 1. The summed E-state index contributed by atoms with van der Waals surface area (Å²) in [6.07, 6.45) is 6.44. The Balaban J connectivity index is 0.00000208. The first-order chi connectivity index (χ1) is 11.1. The van der Waals surface area contributed by atoms with E-state index in [1.165, 1.54) is 12.0 Å². The number of ether oxygens (including phenoxy) is 1. The summed E-state index contributed by atoms with van der Waals surface area (Å²) in [6.45, 7) is 9.97. The van der Waals surface area contributed by atoms with Crippen LogP contribution in [0.25, 0.3) is 0 Å². The molecule has 2 fully saturated rings. The van der Waals surface area contributed by atoms with Gasteiger partial charge in [-0.15, -0.1) is 24.0 Å². The van der Waals surface area contributed by atoms with E-state index in [1.54, 1.807) is 0 Å². The molecule has 0 bridgehead atoms. The van der Waals surface area contributed by atoms with Gasteiger partial charge in [0.25, 0.3) is 0 Å². The van der Waals surface area contributed by atoms with Crippen LogP contribution in [0.5, 0.6) is 0 Å². The van der Waals surface area contributed by atoms with Crippen LogP contribution in [0.2, 0.25) is 0 Å². The zero-order valence-electron chi connectivity index (χ0n) is 15.0. The molecule has 1 atom stereocenters. The smallest absolute Gasteiger partial charge is 0.193 e. The van der Waals surface area contributed by atoms with Crippen molar-refractivity contribution in [3.63, 3.8) is 0 Å². The molecule has 0 saturated carbocycles. The molecule has 2 aliphatic heterocycles. The lowest BCUT2D eigenvalue weighted by molar-refractivity contribution is -0.0945. The molecule has 3 heterocycles. The summed E-state index contributed by atoms with van der Waals surface area (Å²) in [5.74, 6) is 1.75. The molecule has 2 saturated heterocycles. The Morgan fingerprint density at radius 1 is 1.50 bits per heavy atom. The largest absolute Gasteiger partial charge is 0.380 e. The van der Waals surface area contributed by atoms with Crippen LogP contribution in [0, 0.1) is 11.3 Å². The van der Waals surface area contributed by atoms with Crippen LogP contribution in [-0.2, 0) is 18.2 Å². The van der Waals surface area contributed by atoms with Crippen molar-refractivity contribution in [1.82, 2.24) is 20.0 Å². The molecule has 0 spiro atoms. The predicted molar refractivity (Wildman–Crippen MR) is 107 cm³/mol. The van der Waals surface area contributed by atoms with Gasteiger partial charge in [0.2, 0.25) is 0 Å². The maximum Gasteiger partial charge on any atom is 0.193 e. The lowest BCUT2D eigenvalue weighted by atomic mass is 9.89. The summed E-state index contributed by atoms with van der Waals surface area (Å²) in [6, 6.07) is 0. The van der Waals surface area contributed by atoms with Crippen LogP contribution < -0.4 is 5.32 Å². The Morgan fingerprint density at radius 2 is 2.29 bits per heavy atom. The van der Waals surface area contributed by atoms with Gasteiger partial charge in [0.15, 0.2) is 5.96 Å². The number of aryl methyl sites for hydroxylation is 1. The Bertz CT molecular complexity index is 555. The lowest BCUT2D eigenvalue weighted by Gasteiger charge is -2.37. The third-order valence-corrected chi connectivity index (χ3v) is 4.71. The number of likely N-dealkylation sites (tertiary alicyclic amines) is 1. The number of rotatable bonds is 5. The third kappa shape index (κ3) is 4.84. The molecule has 2 aliphatic rings. The lowest BCUT2D eigenvalue weighted by Crippen LogP contribution is -2.45. The number of hydrogen-bond acceptors (Lipinski definition) is 3. The zero-order chi connectivity index (χ0) is 16.3. The highest BCUT2D eigenvalue weighted by Gasteiger charge is 2.33. The van der Waals surface area contributed by atoms with E-state index in [1.807, 2.05) is 17.9 Å². The Labute approximate surface area is 162 Å². The minimum absolute atomic E-state index is 0. The van der Waals surface area contributed by atoms with E-state index < -0.39 is 0 Å². The van der Waals surface area contributed by atoms with E-state index in [-0.39, 0.29) is 29.4 Å². The standard InChI is InChI=1S/C17H29N5O.HI/c1-4-18-16(19-11-17(2)12-23-13-17)22-6-5-14(10-22)7-15-8-20-21(3)9-15;/h8-9,14H,4-7,10-13H2,1-3H3,(H,18,19);1H. The zero-order valence-corrected chi connectivity index (χ0v) is 17.3. The third-order valence-electron chi connectivity index (χ3n) is 4.71. The van der Waals surface area contributed by atoms with Gasteiger partial charge in [-0.3, -0.25) is 9.67 Å². The van der Waals surface area contributed by atoms with Gasteiger partial charge in [-0.05, 0) is 31.2 Å². The fraction of sp³-hybridized carbons (Fsp3) is 0.765. The van der Waals surface area contributed by atoms with Crippen molar-refractivity contribution in [2.45, 2.75) is 26.7 Å². The first-order valence-electron chi connectivity index (χ1n) is 8.66. The highest BCUT2D eigenvalue weighted by Crippen LogP contribution is 2.27. The van der Waals surface area contributed by atoms with Gasteiger partial charge in [-0.2, -0.15) is 5.10 Å². The fourth-order valence-corrected chi connectivity index (χ4v) is 3.34. The minimum atomic E-state index is 0. The van der Waals surface area contributed by atoms with Gasteiger partial charge in [-0.1, -0.05) is 6.92 Å². The van der Waals surface area contributed by atoms with Crippen molar-refractivity contribution in [2.24, 2.45) is 23.4 Å². The molecular weight excluding hydrogens is 417 g/mol. The van der Waals surface area contributed by atoms with E-state index in [2.05, 4.69) is 35.4 Å². The number of aromatic nitrogens is 2. The fourth-order valence-electron chi connectivity index (χ4n) is 3.34. The van der Waals surface area contributed by atoms with Crippen molar-refractivity contribution in [1.29, 1.82) is 0 Å². The molecule has 1 unspecified atom stereocenters. The van der Waals surface area contributed by atoms with Crippen LogP contribution >= 0.6 is 24.0 Å². The van der Waals surface area contributed by atoms with Crippen LogP contribution in [0.4, 0.5) is 0 Å². The summed E-state index contributed by atoms with van der Waals surface area (Å²) in [7, 11) is 1.98. The number of nitrogens with zero attached hydrogens (tertiary/aromatic N) is 4. The monoisotopic (exact) mass is 447 g/mol. The maximum atomic E-state index is 5.33. The molecule has 0 aromatic carbocycles. The predicted octanol–water partition coefficient (Wildman–Crippen LogP) is 1.90. The summed E-state index contributed by atoms with van der Waals surface area (Å²) in [4.78, 5) is 7.28. The molecule has 7 heteroatoms. The van der Waals surface area contributed by atoms with E-state index in [4.69, 9.17) is 9.73 Å². The molecule has 1 aromatic heterocycles.